The summed E-state index contributed by atoms with van der Waals surface area (Å²) in [5.74, 6) is -0.0841. The van der Waals surface area contributed by atoms with Crippen molar-refractivity contribution >= 4 is 21.6 Å². The molecule has 0 radical (unpaired) electrons. The predicted octanol–water partition coefficient (Wildman–Crippen LogP) is 2.55. The van der Waals surface area contributed by atoms with Crippen LogP contribution in [0.3, 0.4) is 0 Å². The monoisotopic (exact) mass is 338 g/mol. The Bertz CT molecular complexity index is 652. The largest absolute Gasteiger partial charge is 0.341 e. The summed E-state index contributed by atoms with van der Waals surface area (Å²) in [4.78, 5) is 14.7. The molecular weight excluding hydrogens is 312 g/mol. The molecule has 0 saturated carbocycles. The molecule has 1 atom stereocenters. The third kappa shape index (κ3) is 4.25. The average Bonchev–Trinajstić information content (AvgIpc) is 2.51. The number of carbonyl (C=O) groups is 1. The number of sulfonamides is 1. The van der Waals surface area contributed by atoms with Gasteiger partial charge in [-0.1, -0.05) is 19.1 Å². The molecule has 1 aliphatic heterocycles. The fourth-order valence-corrected chi connectivity index (χ4v) is 4.33. The minimum Gasteiger partial charge on any atom is -0.341 e. The first-order valence-electron chi connectivity index (χ1n) is 8.19. The van der Waals surface area contributed by atoms with Crippen molar-refractivity contribution in [2.45, 2.75) is 45.6 Å². The maximum Gasteiger partial charge on any atom is 0.246 e. The van der Waals surface area contributed by atoms with Crippen LogP contribution in [0.1, 0.15) is 38.2 Å². The number of amides is 1. The normalized spacial score (nSPS) is 16.9. The van der Waals surface area contributed by atoms with E-state index in [0.717, 1.165) is 37.9 Å². The van der Waals surface area contributed by atoms with E-state index >= 15 is 0 Å². The highest BCUT2D eigenvalue weighted by molar-refractivity contribution is 7.92. The van der Waals surface area contributed by atoms with Crippen molar-refractivity contribution in [1.29, 1.82) is 0 Å². The number of anilines is 1. The van der Waals surface area contributed by atoms with Crippen molar-refractivity contribution in [1.82, 2.24) is 4.90 Å². The van der Waals surface area contributed by atoms with Gasteiger partial charge >= 0.3 is 0 Å². The molecule has 0 aromatic heterocycles. The van der Waals surface area contributed by atoms with Crippen LogP contribution in [0.15, 0.2) is 24.3 Å². The maximum atomic E-state index is 12.9. The molecule has 128 valence electrons. The van der Waals surface area contributed by atoms with Crippen LogP contribution >= 0.6 is 0 Å². The summed E-state index contributed by atoms with van der Waals surface area (Å²) in [6, 6.07) is 6.62. The first kappa shape index (κ1) is 17.8. The van der Waals surface area contributed by atoms with Crippen LogP contribution < -0.4 is 4.31 Å². The van der Waals surface area contributed by atoms with Gasteiger partial charge in [0.25, 0.3) is 0 Å². The van der Waals surface area contributed by atoms with Crippen LogP contribution in [-0.4, -0.2) is 44.6 Å². The van der Waals surface area contributed by atoms with Crippen molar-refractivity contribution in [2.24, 2.45) is 0 Å². The lowest BCUT2D eigenvalue weighted by Gasteiger charge is -2.35. The highest BCUT2D eigenvalue weighted by Gasteiger charge is 2.34. The van der Waals surface area contributed by atoms with Gasteiger partial charge in [0.05, 0.1) is 11.9 Å². The van der Waals surface area contributed by atoms with Gasteiger partial charge in [-0.15, -0.1) is 0 Å². The van der Waals surface area contributed by atoms with Crippen molar-refractivity contribution in [3.05, 3.63) is 29.8 Å². The summed E-state index contributed by atoms with van der Waals surface area (Å²) in [5, 5.41) is 0. The highest BCUT2D eigenvalue weighted by atomic mass is 32.2. The van der Waals surface area contributed by atoms with Crippen LogP contribution in [0.25, 0.3) is 0 Å². The Labute approximate surface area is 139 Å². The maximum absolute atomic E-state index is 12.9. The van der Waals surface area contributed by atoms with Crippen LogP contribution in [0.4, 0.5) is 5.69 Å². The van der Waals surface area contributed by atoms with Gasteiger partial charge in [0, 0.05) is 13.1 Å². The van der Waals surface area contributed by atoms with Crippen molar-refractivity contribution < 1.29 is 13.2 Å². The molecule has 1 saturated heterocycles. The number of rotatable bonds is 5. The third-order valence-corrected chi connectivity index (χ3v) is 5.42. The molecule has 1 amide bonds. The number of likely N-dealkylation sites (tertiary alicyclic amines) is 1. The molecule has 0 aliphatic carbocycles. The third-order valence-electron chi connectivity index (χ3n) is 4.24. The molecule has 0 spiro atoms. The van der Waals surface area contributed by atoms with Gasteiger partial charge < -0.3 is 4.90 Å². The van der Waals surface area contributed by atoms with Gasteiger partial charge in [-0.2, -0.15) is 0 Å². The van der Waals surface area contributed by atoms with Crippen LogP contribution in [0.2, 0.25) is 0 Å². The molecule has 0 N–H and O–H groups in total. The molecule has 1 aliphatic rings. The Balaban J connectivity index is 2.38. The first-order chi connectivity index (χ1) is 10.8. The molecule has 1 fully saturated rings. The average molecular weight is 338 g/mol. The van der Waals surface area contributed by atoms with Gasteiger partial charge in [-0.25, -0.2) is 8.42 Å². The number of hydrogen-bond acceptors (Lipinski definition) is 3. The zero-order valence-electron chi connectivity index (χ0n) is 14.2. The number of benzene rings is 1. The Morgan fingerprint density at radius 3 is 2.43 bits per heavy atom. The van der Waals surface area contributed by atoms with Crippen molar-refractivity contribution in [3.8, 4) is 0 Å². The van der Waals surface area contributed by atoms with Gasteiger partial charge in [-0.05, 0) is 50.3 Å². The van der Waals surface area contributed by atoms with Crippen molar-refractivity contribution in [2.75, 3.05) is 23.7 Å². The van der Waals surface area contributed by atoms with E-state index in [0.29, 0.717) is 12.1 Å². The van der Waals surface area contributed by atoms with Gasteiger partial charge in [0.1, 0.15) is 6.04 Å². The fraction of sp³-hybridized carbons (Fsp3) is 0.588. The lowest BCUT2D eigenvalue weighted by atomic mass is 10.1. The summed E-state index contributed by atoms with van der Waals surface area (Å²) in [5.41, 5.74) is 1.53. The predicted molar refractivity (Wildman–Crippen MR) is 93.0 cm³/mol. The first-order valence-corrected chi connectivity index (χ1v) is 10.0. The Morgan fingerprint density at radius 1 is 1.26 bits per heavy atom. The molecule has 0 bridgehead atoms. The molecule has 23 heavy (non-hydrogen) atoms. The summed E-state index contributed by atoms with van der Waals surface area (Å²) in [6.07, 6.45) is 4.74. The van der Waals surface area contributed by atoms with E-state index in [1.807, 2.05) is 36.9 Å². The molecule has 2 rings (SSSR count). The topological polar surface area (TPSA) is 57.7 Å². The lowest BCUT2D eigenvalue weighted by Crippen LogP contribution is -2.51. The Hall–Kier alpha value is -1.56. The molecule has 1 aromatic carbocycles. The number of hydrogen-bond donors (Lipinski definition) is 0. The zero-order chi connectivity index (χ0) is 17.0. The molecule has 6 heteroatoms. The van der Waals surface area contributed by atoms with Gasteiger partial charge in [0.2, 0.25) is 15.9 Å². The summed E-state index contributed by atoms with van der Waals surface area (Å²) in [6.45, 7) is 5.22. The Kier molecular flexibility index (Phi) is 5.68. The second-order valence-corrected chi connectivity index (χ2v) is 8.07. The van der Waals surface area contributed by atoms with Gasteiger partial charge in [0.15, 0.2) is 0 Å². The molecule has 1 aromatic rings. The number of carbonyl (C=O) groups excluding carboxylic acids is 1. The fourth-order valence-electron chi connectivity index (χ4n) is 3.13. The molecule has 1 heterocycles. The molecular formula is C17H26N2O3S. The molecule has 5 nitrogen and oxygen atoms in total. The number of aryl methyl sites for hydroxylation is 1. The summed E-state index contributed by atoms with van der Waals surface area (Å²) >= 11 is 0. The van der Waals surface area contributed by atoms with Crippen LogP contribution in [-0.2, 0) is 14.8 Å². The van der Waals surface area contributed by atoms with Gasteiger partial charge in [-0.3, -0.25) is 9.10 Å². The number of nitrogens with zero attached hydrogens (tertiary/aromatic N) is 2. The SMILES string of the molecule is CC[C@@H](C(=O)N1CCCCC1)N(c1cccc(C)c1)S(C)(=O)=O. The summed E-state index contributed by atoms with van der Waals surface area (Å²) < 4.78 is 26.1. The lowest BCUT2D eigenvalue weighted by molar-refractivity contribution is -0.133. The molecule has 0 unspecified atom stereocenters. The second kappa shape index (κ2) is 7.34. The summed E-state index contributed by atoms with van der Waals surface area (Å²) in [7, 11) is -3.54. The number of piperidine rings is 1. The van der Waals surface area contributed by atoms with E-state index in [1.165, 1.54) is 10.6 Å². The van der Waals surface area contributed by atoms with Crippen LogP contribution in [0, 0.1) is 6.92 Å². The van der Waals surface area contributed by atoms with Crippen LogP contribution in [0.5, 0.6) is 0 Å². The highest BCUT2D eigenvalue weighted by Crippen LogP contribution is 2.25. The van der Waals surface area contributed by atoms with E-state index < -0.39 is 16.1 Å². The quantitative estimate of drug-likeness (QED) is 0.829. The minimum absolute atomic E-state index is 0.0841. The van der Waals surface area contributed by atoms with E-state index in [2.05, 4.69) is 0 Å². The smallest absolute Gasteiger partial charge is 0.246 e. The Morgan fingerprint density at radius 2 is 1.91 bits per heavy atom. The van der Waals surface area contributed by atoms with E-state index in [1.54, 1.807) is 6.07 Å². The standard InChI is InChI=1S/C17H26N2O3S/c1-4-16(17(20)18-11-6-5-7-12-18)19(23(3,21)22)15-10-8-9-14(2)13-15/h8-10,13,16H,4-7,11-12H2,1-3H3/t16-/m0/s1. The van der Waals surface area contributed by atoms with Crippen molar-refractivity contribution in [3.63, 3.8) is 0 Å². The van der Waals surface area contributed by atoms with E-state index in [-0.39, 0.29) is 5.91 Å². The second-order valence-electron chi connectivity index (χ2n) is 6.21. The zero-order valence-corrected chi connectivity index (χ0v) is 15.0. The van der Waals surface area contributed by atoms with E-state index in [9.17, 15) is 13.2 Å². The minimum atomic E-state index is -3.54. The van der Waals surface area contributed by atoms with E-state index in [4.69, 9.17) is 0 Å².